The molecule has 2 aromatic carbocycles. The van der Waals surface area contributed by atoms with Gasteiger partial charge in [-0.05, 0) is 55.5 Å². The number of fused-ring (bicyclic) bond motifs is 2. The van der Waals surface area contributed by atoms with Crippen molar-refractivity contribution in [1.29, 1.82) is 0 Å². The number of nitrogens with zero attached hydrogens (tertiary/aromatic N) is 3. The van der Waals surface area contributed by atoms with Crippen LogP contribution in [0.25, 0.3) is 11.0 Å². The van der Waals surface area contributed by atoms with E-state index in [4.69, 9.17) is 4.98 Å². The molecule has 0 spiro atoms. The van der Waals surface area contributed by atoms with Crippen LogP contribution in [0.2, 0.25) is 0 Å². The van der Waals surface area contributed by atoms with E-state index in [0.717, 1.165) is 30.6 Å². The van der Waals surface area contributed by atoms with E-state index in [9.17, 15) is 13.2 Å². The number of rotatable bonds is 9. The molecule has 1 aromatic heterocycles. The third-order valence-electron chi connectivity index (χ3n) is 6.74. The largest absolute Gasteiger partial charge is 0.349 e. The summed E-state index contributed by atoms with van der Waals surface area (Å²) in [5, 5.41) is 3.21. The van der Waals surface area contributed by atoms with Crippen LogP contribution in [0.15, 0.2) is 47.4 Å². The molecule has 182 valence electrons. The molecule has 4 rings (SSSR count). The molecule has 0 aliphatic heterocycles. The average Bonchev–Trinajstić information content (AvgIpc) is 3.20. The van der Waals surface area contributed by atoms with Crippen LogP contribution in [-0.4, -0.2) is 41.3 Å². The van der Waals surface area contributed by atoms with Crippen LogP contribution >= 0.6 is 0 Å². The standard InChI is InChI=1S/C26H34N4O3S/c1-4-29(5-2)34(32,33)20-14-15-24-23(18-20)27-25(30(24)6-3)16-17-26(31)28-22-13-9-11-19-10-7-8-12-21(19)22/h7-8,10,12,14-15,18,22H,4-6,9,11,13,16-17H2,1-3H3,(H,28,31)/t22-/m0/s1. The average molecular weight is 483 g/mol. The summed E-state index contributed by atoms with van der Waals surface area (Å²) < 4.78 is 29.4. The van der Waals surface area contributed by atoms with Gasteiger partial charge in [-0.15, -0.1) is 0 Å². The quantitative estimate of drug-likeness (QED) is 0.495. The Bertz CT molecular complexity index is 1280. The highest BCUT2D eigenvalue weighted by atomic mass is 32.2. The second kappa shape index (κ2) is 10.3. The Morgan fingerprint density at radius 1 is 1.15 bits per heavy atom. The fourth-order valence-corrected chi connectivity index (χ4v) is 6.45. The first kappa shape index (κ1) is 24.4. The monoisotopic (exact) mass is 482 g/mol. The zero-order valence-corrected chi connectivity index (χ0v) is 21.1. The lowest BCUT2D eigenvalue weighted by Crippen LogP contribution is -2.31. The number of imidazole rings is 1. The minimum absolute atomic E-state index is 0.0150. The summed E-state index contributed by atoms with van der Waals surface area (Å²) in [4.78, 5) is 17.8. The van der Waals surface area contributed by atoms with Gasteiger partial charge in [0.1, 0.15) is 5.82 Å². The number of aryl methyl sites for hydroxylation is 3. The number of hydrogen-bond donors (Lipinski definition) is 1. The van der Waals surface area contributed by atoms with Crippen LogP contribution in [0.1, 0.15) is 63.0 Å². The number of hydrogen-bond acceptors (Lipinski definition) is 4. The highest BCUT2D eigenvalue weighted by Crippen LogP contribution is 2.29. The van der Waals surface area contributed by atoms with Crippen molar-refractivity contribution < 1.29 is 13.2 Å². The number of aromatic nitrogens is 2. The van der Waals surface area contributed by atoms with E-state index in [2.05, 4.69) is 28.1 Å². The van der Waals surface area contributed by atoms with Gasteiger partial charge < -0.3 is 9.88 Å². The van der Waals surface area contributed by atoms with Gasteiger partial charge >= 0.3 is 0 Å². The maximum absolute atomic E-state index is 12.9. The van der Waals surface area contributed by atoms with Gasteiger partial charge in [0.05, 0.1) is 22.0 Å². The third kappa shape index (κ3) is 4.74. The third-order valence-corrected chi connectivity index (χ3v) is 8.78. The highest BCUT2D eigenvalue weighted by Gasteiger charge is 2.24. The van der Waals surface area contributed by atoms with E-state index in [1.807, 2.05) is 32.9 Å². The van der Waals surface area contributed by atoms with Crippen molar-refractivity contribution >= 4 is 27.0 Å². The fraction of sp³-hybridized carbons (Fsp3) is 0.462. The molecule has 0 saturated carbocycles. The van der Waals surface area contributed by atoms with Gasteiger partial charge in [-0.1, -0.05) is 38.1 Å². The molecule has 8 heteroatoms. The van der Waals surface area contributed by atoms with Gasteiger partial charge in [0.2, 0.25) is 15.9 Å². The number of nitrogens with one attached hydrogen (secondary N) is 1. The maximum atomic E-state index is 12.9. The van der Waals surface area contributed by atoms with Crippen LogP contribution in [0.4, 0.5) is 0 Å². The first-order valence-electron chi connectivity index (χ1n) is 12.3. The lowest BCUT2D eigenvalue weighted by Gasteiger charge is -2.26. The van der Waals surface area contributed by atoms with Crippen molar-refractivity contribution in [3.63, 3.8) is 0 Å². The molecule has 1 aliphatic rings. The zero-order chi connectivity index (χ0) is 24.3. The Hall–Kier alpha value is -2.71. The summed E-state index contributed by atoms with van der Waals surface area (Å²) in [5.74, 6) is 0.815. The van der Waals surface area contributed by atoms with E-state index in [1.54, 1.807) is 12.1 Å². The van der Waals surface area contributed by atoms with Crippen LogP contribution in [0.3, 0.4) is 0 Å². The molecule has 1 N–H and O–H groups in total. The van der Waals surface area contributed by atoms with Crippen LogP contribution in [-0.2, 0) is 34.2 Å². The van der Waals surface area contributed by atoms with Gasteiger partial charge in [-0.25, -0.2) is 13.4 Å². The minimum Gasteiger partial charge on any atom is -0.349 e. The molecule has 0 fully saturated rings. The summed E-state index contributed by atoms with van der Waals surface area (Å²) in [7, 11) is -3.55. The zero-order valence-electron chi connectivity index (χ0n) is 20.3. The van der Waals surface area contributed by atoms with Gasteiger partial charge in [-0.2, -0.15) is 4.31 Å². The molecule has 3 aromatic rings. The summed E-state index contributed by atoms with van der Waals surface area (Å²) in [6.45, 7) is 7.24. The predicted octanol–water partition coefficient (Wildman–Crippen LogP) is 4.21. The van der Waals surface area contributed by atoms with E-state index < -0.39 is 10.0 Å². The number of benzene rings is 2. The van der Waals surface area contributed by atoms with Crippen molar-refractivity contribution in [1.82, 2.24) is 19.2 Å². The molecular formula is C26H34N4O3S. The molecule has 1 amide bonds. The Morgan fingerprint density at radius 3 is 2.65 bits per heavy atom. The van der Waals surface area contributed by atoms with Crippen molar-refractivity contribution in [3.8, 4) is 0 Å². The minimum atomic E-state index is -3.55. The topological polar surface area (TPSA) is 84.3 Å². The summed E-state index contributed by atoms with van der Waals surface area (Å²) in [6, 6.07) is 13.5. The summed E-state index contributed by atoms with van der Waals surface area (Å²) in [6.07, 6.45) is 3.94. The first-order chi connectivity index (χ1) is 16.4. The molecule has 1 atom stereocenters. The Balaban J connectivity index is 1.50. The molecule has 0 bridgehead atoms. The van der Waals surface area contributed by atoms with E-state index in [1.165, 1.54) is 15.4 Å². The smallest absolute Gasteiger partial charge is 0.243 e. The number of sulfonamides is 1. The lowest BCUT2D eigenvalue weighted by molar-refractivity contribution is -0.121. The molecule has 1 aliphatic carbocycles. The van der Waals surface area contributed by atoms with Crippen molar-refractivity contribution in [2.45, 2.75) is 70.4 Å². The van der Waals surface area contributed by atoms with Gasteiger partial charge in [-0.3, -0.25) is 4.79 Å². The number of amides is 1. The Kier molecular flexibility index (Phi) is 7.38. The van der Waals surface area contributed by atoms with Gasteiger partial charge in [0, 0.05) is 32.5 Å². The summed E-state index contributed by atoms with van der Waals surface area (Å²) >= 11 is 0. The molecule has 34 heavy (non-hydrogen) atoms. The van der Waals surface area contributed by atoms with Gasteiger partial charge in [0.15, 0.2) is 0 Å². The number of carbonyl (C=O) groups is 1. The van der Waals surface area contributed by atoms with Crippen LogP contribution < -0.4 is 5.32 Å². The molecular weight excluding hydrogens is 448 g/mol. The van der Waals surface area contributed by atoms with Crippen LogP contribution in [0, 0.1) is 0 Å². The van der Waals surface area contributed by atoms with Crippen molar-refractivity contribution in [2.24, 2.45) is 0 Å². The van der Waals surface area contributed by atoms with E-state index in [0.29, 0.717) is 38.0 Å². The second-order valence-corrected chi connectivity index (χ2v) is 10.7. The molecule has 1 heterocycles. The predicted molar refractivity (Wildman–Crippen MR) is 134 cm³/mol. The van der Waals surface area contributed by atoms with E-state index >= 15 is 0 Å². The summed E-state index contributed by atoms with van der Waals surface area (Å²) in [5.41, 5.74) is 4.08. The second-order valence-electron chi connectivity index (χ2n) is 8.72. The SMILES string of the molecule is CCN(CC)S(=O)(=O)c1ccc2c(c1)nc(CCC(=O)N[C@H]1CCCc3ccccc31)n2CC. The van der Waals surface area contributed by atoms with E-state index in [-0.39, 0.29) is 16.8 Å². The Labute approximate surface area is 202 Å². The molecule has 0 radical (unpaired) electrons. The molecule has 7 nitrogen and oxygen atoms in total. The highest BCUT2D eigenvalue weighted by molar-refractivity contribution is 7.89. The van der Waals surface area contributed by atoms with Gasteiger partial charge in [0.25, 0.3) is 0 Å². The number of carbonyl (C=O) groups excluding carboxylic acids is 1. The van der Waals surface area contributed by atoms with Crippen molar-refractivity contribution in [2.75, 3.05) is 13.1 Å². The van der Waals surface area contributed by atoms with Crippen LogP contribution in [0.5, 0.6) is 0 Å². The fourth-order valence-electron chi connectivity index (χ4n) is 4.97. The molecule has 0 unspecified atom stereocenters. The van der Waals surface area contributed by atoms with Crippen molar-refractivity contribution in [3.05, 3.63) is 59.4 Å². The molecule has 0 saturated heterocycles. The normalized spacial score (nSPS) is 16.1. The maximum Gasteiger partial charge on any atom is 0.243 e. The first-order valence-corrected chi connectivity index (χ1v) is 13.7. The Morgan fingerprint density at radius 2 is 1.91 bits per heavy atom. The lowest BCUT2D eigenvalue weighted by atomic mass is 9.87.